The number of rotatable bonds is 5. The number of carbonyl (C=O) groups is 2. The summed E-state index contributed by atoms with van der Waals surface area (Å²) in [7, 11) is 0. The number of thioether (sulfide) groups is 1. The zero-order valence-electron chi connectivity index (χ0n) is 9.99. The third-order valence-electron chi connectivity index (χ3n) is 3.36. The van der Waals surface area contributed by atoms with E-state index in [4.69, 9.17) is 5.73 Å². The van der Waals surface area contributed by atoms with Crippen molar-refractivity contribution in [1.82, 2.24) is 10.6 Å². The van der Waals surface area contributed by atoms with Crippen LogP contribution in [-0.4, -0.2) is 34.5 Å². The lowest BCUT2D eigenvalue weighted by Gasteiger charge is -2.23. The van der Waals surface area contributed by atoms with Crippen molar-refractivity contribution in [3.63, 3.8) is 0 Å². The van der Waals surface area contributed by atoms with E-state index in [1.807, 2.05) is 0 Å². The molecule has 0 aromatic carbocycles. The second-order valence-corrected chi connectivity index (χ2v) is 6.14. The SMILES string of the molecule is CC(=O)CCCC[C@@H]1SC[C@]2(N)NC(=O)N[C@H]12. The van der Waals surface area contributed by atoms with Crippen molar-refractivity contribution in [1.29, 1.82) is 0 Å². The summed E-state index contributed by atoms with van der Waals surface area (Å²) < 4.78 is 0. The monoisotopic (exact) mass is 257 g/mol. The Kier molecular flexibility index (Phi) is 3.63. The van der Waals surface area contributed by atoms with Crippen molar-refractivity contribution in [3.05, 3.63) is 0 Å². The zero-order chi connectivity index (χ0) is 12.5. The van der Waals surface area contributed by atoms with Crippen molar-refractivity contribution in [2.24, 2.45) is 5.73 Å². The quantitative estimate of drug-likeness (QED) is 0.497. The van der Waals surface area contributed by atoms with Gasteiger partial charge >= 0.3 is 6.03 Å². The maximum absolute atomic E-state index is 11.3. The highest BCUT2D eigenvalue weighted by molar-refractivity contribution is 8.00. The Morgan fingerprint density at radius 1 is 1.59 bits per heavy atom. The largest absolute Gasteiger partial charge is 0.330 e. The second kappa shape index (κ2) is 4.86. The van der Waals surface area contributed by atoms with E-state index in [2.05, 4.69) is 10.6 Å². The Balaban J connectivity index is 1.79. The highest BCUT2D eigenvalue weighted by Gasteiger charge is 2.52. The third kappa shape index (κ3) is 2.74. The summed E-state index contributed by atoms with van der Waals surface area (Å²) in [5, 5.41) is 6.04. The van der Waals surface area contributed by atoms with E-state index < -0.39 is 5.66 Å². The lowest BCUT2D eigenvalue weighted by Crippen LogP contribution is -2.58. The first-order chi connectivity index (χ1) is 8.01. The molecule has 0 radical (unpaired) electrons. The maximum Gasteiger partial charge on any atom is 0.316 e. The highest BCUT2D eigenvalue weighted by Crippen LogP contribution is 2.37. The number of amides is 2. The molecular weight excluding hydrogens is 238 g/mol. The van der Waals surface area contributed by atoms with Crippen molar-refractivity contribution in [3.8, 4) is 0 Å². The molecule has 0 unspecified atom stereocenters. The molecule has 0 bridgehead atoms. The summed E-state index contributed by atoms with van der Waals surface area (Å²) in [6, 6.07) is -0.135. The van der Waals surface area contributed by atoms with Gasteiger partial charge in [0.2, 0.25) is 0 Å². The lowest BCUT2D eigenvalue weighted by molar-refractivity contribution is -0.117. The van der Waals surface area contributed by atoms with Gasteiger partial charge in [-0.3, -0.25) is 0 Å². The number of hydrogen-bond donors (Lipinski definition) is 3. The number of urea groups is 1. The van der Waals surface area contributed by atoms with Gasteiger partial charge < -0.3 is 21.2 Å². The Labute approximate surface area is 105 Å². The highest BCUT2D eigenvalue weighted by atomic mass is 32.2. The minimum Gasteiger partial charge on any atom is -0.330 e. The normalized spacial score (nSPS) is 35.3. The van der Waals surface area contributed by atoms with E-state index in [0.29, 0.717) is 11.7 Å². The van der Waals surface area contributed by atoms with Crippen LogP contribution >= 0.6 is 11.8 Å². The summed E-state index contributed by atoms with van der Waals surface area (Å²) in [4.78, 5) is 22.1. The van der Waals surface area contributed by atoms with Crippen LogP contribution in [-0.2, 0) is 4.79 Å². The molecule has 17 heavy (non-hydrogen) atoms. The van der Waals surface area contributed by atoms with Crippen LogP contribution in [0.3, 0.4) is 0 Å². The number of nitrogens with one attached hydrogen (secondary N) is 2. The van der Waals surface area contributed by atoms with Crippen LogP contribution in [0.4, 0.5) is 4.79 Å². The molecule has 0 aliphatic carbocycles. The summed E-state index contributed by atoms with van der Waals surface area (Å²) in [6.07, 6.45) is 3.60. The van der Waals surface area contributed by atoms with Crippen LogP contribution in [0.2, 0.25) is 0 Å². The van der Waals surface area contributed by atoms with Crippen LogP contribution in [0.15, 0.2) is 0 Å². The number of hydrogen-bond acceptors (Lipinski definition) is 4. The molecule has 2 aliphatic rings. The van der Waals surface area contributed by atoms with E-state index in [0.717, 1.165) is 25.0 Å². The van der Waals surface area contributed by atoms with Crippen LogP contribution in [0.5, 0.6) is 0 Å². The lowest BCUT2D eigenvalue weighted by atomic mass is 9.98. The van der Waals surface area contributed by atoms with Crippen molar-refractivity contribution in [2.45, 2.75) is 49.6 Å². The average molecular weight is 257 g/mol. The molecule has 2 fully saturated rings. The fourth-order valence-electron chi connectivity index (χ4n) is 2.46. The molecule has 96 valence electrons. The molecule has 2 heterocycles. The van der Waals surface area contributed by atoms with Gasteiger partial charge in [-0.05, 0) is 19.8 Å². The predicted octanol–water partition coefficient (Wildman–Crippen LogP) is 0.588. The zero-order valence-corrected chi connectivity index (χ0v) is 10.8. The van der Waals surface area contributed by atoms with Gasteiger partial charge in [0, 0.05) is 17.4 Å². The van der Waals surface area contributed by atoms with E-state index in [-0.39, 0.29) is 17.9 Å². The minimum atomic E-state index is -0.576. The molecule has 5 nitrogen and oxygen atoms in total. The molecule has 6 heteroatoms. The summed E-state index contributed by atoms with van der Waals surface area (Å²) >= 11 is 1.81. The van der Waals surface area contributed by atoms with Crippen LogP contribution in [0.1, 0.15) is 32.6 Å². The van der Waals surface area contributed by atoms with Crippen molar-refractivity contribution in [2.75, 3.05) is 5.75 Å². The molecular formula is C11H19N3O2S. The van der Waals surface area contributed by atoms with Gasteiger partial charge in [-0.1, -0.05) is 6.42 Å². The van der Waals surface area contributed by atoms with Gasteiger partial charge in [-0.25, -0.2) is 4.79 Å². The van der Waals surface area contributed by atoms with Gasteiger partial charge in [0.15, 0.2) is 0 Å². The van der Waals surface area contributed by atoms with Crippen LogP contribution < -0.4 is 16.4 Å². The predicted molar refractivity (Wildman–Crippen MR) is 67.8 cm³/mol. The van der Waals surface area contributed by atoms with Gasteiger partial charge in [-0.15, -0.1) is 0 Å². The smallest absolute Gasteiger partial charge is 0.316 e. The number of carbonyl (C=O) groups excluding carboxylic acids is 2. The Bertz CT molecular complexity index is 337. The number of ketones is 1. The molecule has 2 amide bonds. The van der Waals surface area contributed by atoms with Crippen molar-refractivity contribution >= 4 is 23.6 Å². The standard InChI is InChI=1S/C11H19N3O2S/c1-7(15)4-2-3-5-8-9-11(12,6-17-8)14-10(16)13-9/h8-9H,2-6,12H2,1H3,(H2,13,14,16)/t8-,9+,11-/m0/s1. The van der Waals surface area contributed by atoms with E-state index in [9.17, 15) is 9.59 Å². The Morgan fingerprint density at radius 3 is 3.06 bits per heavy atom. The van der Waals surface area contributed by atoms with Crippen LogP contribution in [0, 0.1) is 0 Å². The number of fused-ring (bicyclic) bond motifs is 1. The first-order valence-electron chi connectivity index (χ1n) is 6.00. The fraction of sp³-hybridized carbons (Fsp3) is 0.818. The number of nitrogens with two attached hydrogens (primary N) is 1. The molecule has 2 rings (SSSR count). The van der Waals surface area contributed by atoms with E-state index in [1.165, 1.54) is 0 Å². The van der Waals surface area contributed by atoms with Crippen molar-refractivity contribution < 1.29 is 9.59 Å². The third-order valence-corrected chi connectivity index (χ3v) is 4.94. The first-order valence-corrected chi connectivity index (χ1v) is 7.05. The van der Waals surface area contributed by atoms with Gasteiger partial charge in [-0.2, -0.15) is 11.8 Å². The molecule has 4 N–H and O–H groups in total. The summed E-state index contributed by atoms with van der Waals surface area (Å²) in [5.41, 5.74) is 5.55. The Hall–Kier alpha value is -0.750. The summed E-state index contributed by atoms with van der Waals surface area (Å²) in [6.45, 7) is 1.62. The molecule has 0 saturated carbocycles. The fourth-order valence-corrected chi connectivity index (χ4v) is 4.03. The van der Waals surface area contributed by atoms with E-state index >= 15 is 0 Å². The molecule has 3 atom stereocenters. The molecule has 0 aromatic heterocycles. The van der Waals surface area contributed by atoms with Crippen LogP contribution in [0.25, 0.3) is 0 Å². The maximum atomic E-state index is 11.3. The first kappa shape index (κ1) is 12.7. The minimum absolute atomic E-state index is 0.0253. The van der Waals surface area contributed by atoms with Gasteiger partial charge in [0.1, 0.15) is 11.4 Å². The molecule has 0 aromatic rings. The van der Waals surface area contributed by atoms with Gasteiger partial charge in [0.05, 0.1) is 6.04 Å². The molecule has 2 aliphatic heterocycles. The van der Waals surface area contributed by atoms with E-state index in [1.54, 1.807) is 18.7 Å². The second-order valence-electron chi connectivity index (χ2n) is 4.91. The topological polar surface area (TPSA) is 84.2 Å². The summed E-state index contributed by atoms with van der Waals surface area (Å²) in [5.74, 6) is 1.00. The number of unbranched alkanes of at least 4 members (excludes halogenated alkanes) is 1. The molecule has 0 spiro atoms. The Morgan fingerprint density at radius 2 is 2.35 bits per heavy atom. The van der Waals surface area contributed by atoms with Gasteiger partial charge in [0.25, 0.3) is 0 Å². The number of Topliss-reactive ketones (excluding diaryl/α,β-unsaturated/α-hetero) is 1. The molecule has 2 saturated heterocycles. The average Bonchev–Trinajstić information content (AvgIpc) is 2.66.